The van der Waals surface area contributed by atoms with Crippen LogP contribution in [0.15, 0.2) is 72.8 Å². The smallest absolute Gasteiger partial charge is 0.271 e. The Bertz CT molecular complexity index is 1060. The number of para-hydroxylation sites is 2. The molecule has 4 aromatic rings. The molecule has 1 aromatic heterocycles. The molecule has 0 saturated heterocycles. The van der Waals surface area contributed by atoms with Crippen molar-refractivity contribution in [2.75, 3.05) is 5.32 Å². The fraction of sp³-hybridized carbons (Fsp3) is 0. The van der Waals surface area contributed by atoms with Gasteiger partial charge in [0.2, 0.25) is 0 Å². The number of fused-ring (bicyclic) bond motifs is 2. The van der Waals surface area contributed by atoms with Crippen LogP contribution in [0.3, 0.4) is 0 Å². The van der Waals surface area contributed by atoms with Gasteiger partial charge in [-0.05, 0) is 24.3 Å². The second-order valence-corrected chi connectivity index (χ2v) is 5.45. The molecule has 5 nitrogen and oxygen atoms in total. The summed E-state index contributed by atoms with van der Waals surface area (Å²) in [6, 6.07) is 22.4. The van der Waals surface area contributed by atoms with Crippen LogP contribution < -0.4 is 5.32 Å². The van der Waals surface area contributed by atoms with E-state index in [2.05, 4.69) is 10.3 Å². The number of nitro groups is 1. The zero-order valence-electron chi connectivity index (χ0n) is 12.6. The van der Waals surface area contributed by atoms with E-state index in [1.807, 2.05) is 54.6 Å². The van der Waals surface area contributed by atoms with Crippen molar-refractivity contribution in [3.05, 3.63) is 82.9 Å². The van der Waals surface area contributed by atoms with Crippen LogP contribution in [-0.4, -0.2) is 9.91 Å². The summed E-state index contributed by atoms with van der Waals surface area (Å²) >= 11 is 0. The van der Waals surface area contributed by atoms with Gasteiger partial charge >= 0.3 is 0 Å². The number of benzene rings is 3. The Labute approximate surface area is 137 Å². The number of non-ortho nitro benzene ring substituents is 1. The van der Waals surface area contributed by atoms with Gasteiger partial charge in [-0.1, -0.05) is 36.4 Å². The van der Waals surface area contributed by atoms with E-state index in [9.17, 15) is 10.1 Å². The predicted molar refractivity (Wildman–Crippen MR) is 95.6 cm³/mol. The number of pyridine rings is 1. The van der Waals surface area contributed by atoms with Gasteiger partial charge < -0.3 is 5.32 Å². The highest BCUT2D eigenvalue weighted by molar-refractivity contribution is 6.09. The Balaban J connectivity index is 2.01. The van der Waals surface area contributed by atoms with Crippen LogP contribution in [0.25, 0.3) is 21.8 Å². The number of nitro benzene ring substituents is 1. The maximum atomic E-state index is 11.0. The molecule has 5 heteroatoms. The van der Waals surface area contributed by atoms with Gasteiger partial charge in [0, 0.05) is 28.6 Å². The summed E-state index contributed by atoms with van der Waals surface area (Å²) in [6.07, 6.45) is 0. The summed E-state index contributed by atoms with van der Waals surface area (Å²) in [5, 5.41) is 16.3. The molecule has 0 aliphatic carbocycles. The number of rotatable bonds is 3. The van der Waals surface area contributed by atoms with Crippen LogP contribution in [0.4, 0.5) is 17.1 Å². The average molecular weight is 315 g/mol. The van der Waals surface area contributed by atoms with E-state index in [0.29, 0.717) is 5.52 Å². The molecule has 0 amide bonds. The van der Waals surface area contributed by atoms with Crippen LogP contribution >= 0.6 is 0 Å². The van der Waals surface area contributed by atoms with Crippen LogP contribution in [0, 0.1) is 10.1 Å². The predicted octanol–water partition coefficient (Wildman–Crippen LogP) is 5.04. The summed E-state index contributed by atoms with van der Waals surface area (Å²) in [4.78, 5) is 15.2. The van der Waals surface area contributed by atoms with Crippen LogP contribution in [0.5, 0.6) is 0 Å². The van der Waals surface area contributed by atoms with Gasteiger partial charge in [0.1, 0.15) is 0 Å². The van der Waals surface area contributed by atoms with Crippen molar-refractivity contribution in [3.8, 4) is 0 Å². The van der Waals surface area contributed by atoms with Crippen molar-refractivity contribution < 1.29 is 4.92 Å². The number of nitrogens with one attached hydrogen (secondary N) is 1. The topological polar surface area (TPSA) is 68.1 Å². The number of anilines is 2. The first kappa shape index (κ1) is 14.1. The Morgan fingerprint density at radius 3 is 2.33 bits per heavy atom. The number of hydrogen-bond donors (Lipinski definition) is 1. The van der Waals surface area contributed by atoms with E-state index in [1.165, 1.54) is 12.1 Å². The highest BCUT2D eigenvalue weighted by Crippen LogP contribution is 2.34. The molecule has 0 aliphatic rings. The zero-order chi connectivity index (χ0) is 16.5. The SMILES string of the molecule is O=[N+]([O-])c1ccc2c(Nc3ccccc3)c3ccccc3nc2c1. The van der Waals surface area contributed by atoms with Crippen molar-refractivity contribution in [1.82, 2.24) is 4.98 Å². The van der Waals surface area contributed by atoms with Gasteiger partial charge in [-0.3, -0.25) is 10.1 Å². The lowest BCUT2D eigenvalue weighted by atomic mass is 10.1. The fourth-order valence-electron chi connectivity index (χ4n) is 2.80. The van der Waals surface area contributed by atoms with Crippen molar-refractivity contribution >= 4 is 38.9 Å². The molecule has 116 valence electrons. The molecule has 24 heavy (non-hydrogen) atoms. The number of aromatic nitrogens is 1. The van der Waals surface area contributed by atoms with Crippen molar-refractivity contribution in [1.29, 1.82) is 0 Å². The van der Waals surface area contributed by atoms with Gasteiger partial charge in [-0.15, -0.1) is 0 Å². The van der Waals surface area contributed by atoms with E-state index >= 15 is 0 Å². The molecule has 0 fully saturated rings. The Kier molecular flexibility index (Phi) is 3.31. The lowest BCUT2D eigenvalue weighted by molar-refractivity contribution is -0.384. The van der Waals surface area contributed by atoms with Gasteiger partial charge in [-0.25, -0.2) is 4.98 Å². The molecule has 1 heterocycles. The normalized spacial score (nSPS) is 10.8. The molecule has 3 aromatic carbocycles. The third-order valence-electron chi connectivity index (χ3n) is 3.92. The third kappa shape index (κ3) is 2.42. The molecule has 0 atom stereocenters. The lowest BCUT2D eigenvalue weighted by Gasteiger charge is -2.13. The highest BCUT2D eigenvalue weighted by atomic mass is 16.6. The quantitative estimate of drug-likeness (QED) is 0.327. The first-order valence-electron chi connectivity index (χ1n) is 7.51. The van der Waals surface area contributed by atoms with E-state index in [0.717, 1.165) is 27.7 Å². The standard InChI is InChI=1S/C19H13N3O2/c23-22(24)14-10-11-16-18(12-14)21-17-9-5-4-8-15(17)19(16)20-13-6-2-1-3-7-13/h1-12H,(H,20,21). The van der Waals surface area contributed by atoms with Gasteiger partial charge in [0.25, 0.3) is 5.69 Å². The van der Waals surface area contributed by atoms with E-state index < -0.39 is 4.92 Å². The summed E-state index contributed by atoms with van der Waals surface area (Å²) in [5.41, 5.74) is 3.28. The molecular formula is C19H13N3O2. The zero-order valence-corrected chi connectivity index (χ0v) is 12.6. The van der Waals surface area contributed by atoms with Crippen LogP contribution in [-0.2, 0) is 0 Å². The van der Waals surface area contributed by atoms with Gasteiger partial charge in [0.05, 0.1) is 21.6 Å². The maximum Gasteiger partial charge on any atom is 0.271 e. The molecule has 1 N–H and O–H groups in total. The fourth-order valence-corrected chi connectivity index (χ4v) is 2.80. The molecular weight excluding hydrogens is 302 g/mol. The summed E-state index contributed by atoms with van der Waals surface area (Å²) in [5.74, 6) is 0. The van der Waals surface area contributed by atoms with E-state index in [4.69, 9.17) is 0 Å². The van der Waals surface area contributed by atoms with E-state index in [-0.39, 0.29) is 5.69 Å². The van der Waals surface area contributed by atoms with Crippen molar-refractivity contribution in [3.63, 3.8) is 0 Å². The molecule has 0 bridgehead atoms. The molecule has 4 rings (SSSR count). The summed E-state index contributed by atoms with van der Waals surface area (Å²) in [6.45, 7) is 0. The Morgan fingerprint density at radius 1 is 0.833 bits per heavy atom. The minimum absolute atomic E-state index is 0.0379. The summed E-state index contributed by atoms with van der Waals surface area (Å²) in [7, 11) is 0. The Morgan fingerprint density at radius 2 is 1.54 bits per heavy atom. The van der Waals surface area contributed by atoms with E-state index in [1.54, 1.807) is 6.07 Å². The molecule has 0 aliphatic heterocycles. The number of nitrogens with zero attached hydrogens (tertiary/aromatic N) is 2. The van der Waals surface area contributed by atoms with Crippen LogP contribution in [0.2, 0.25) is 0 Å². The highest BCUT2D eigenvalue weighted by Gasteiger charge is 2.13. The lowest BCUT2D eigenvalue weighted by Crippen LogP contribution is -1.96. The monoisotopic (exact) mass is 315 g/mol. The molecule has 0 unspecified atom stereocenters. The Hall–Kier alpha value is -3.47. The first-order valence-corrected chi connectivity index (χ1v) is 7.51. The molecule has 0 saturated carbocycles. The molecule has 0 spiro atoms. The minimum atomic E-state index is -0.402. The third-order valence-corrected chi connectivity index (χ3v) is 3.92. The first-order chi connectivity index (χ1) is 11.7. The second kappa shape index (κ2) is 5.62. The van der Waals surface area contributed by atoms with Crippen molar-refractivity contribution in [2.24, 2.45) is 0 Å². The number of hydrogen-bond acceptors (Lipinski definition) is 4. The average Bonchev–Trinajstić information content (AvgIpc) is 2.62. The molecule has 0 radical (unpaired) electrons. The van der Waals surface area contributed by atoms with Crippen molar-refractivity contribution in [2.45, 2.75) is 0 Å². The second-order valence-electron chi connectivity index (χ2n) is 5.45. The summed E-state index contributed by atoms with van der Waals surface area (Å²) < 4.78 is 0. The minimum Gasteiger partial charge on any atom is -0.354 e. The van der Waals surface area contributed by atoms with Gasteiger partial charge in [0.15, 0.2) is 0 Å². The maximum absolute atomic E-state index is 11.0. The van der Waals surface area contributed by atoms with Crippen LogP contribution in [0.1, 0.15) is 0 Å². The van der Waals surface area contributed by atoms with Gasteiger partial charge in [-0.2, -0.15) is 0 Å². The largest absolute Gasteiger partial charge is 0.354 e.